The molecule has 0 bridgehead atoms. The standard InChI is InChI=1S/C20H21N3O3S/c24-27(25,18-7-3-5-15-6-4-14-22-20(15)18)23-16-9-11-17(12-10-16)26-19-8-1-2-13-21-19/h1-8,13-14,16-17,23H,9-12H2. The minimum atomic E-state index is -3.63. The Hall–Kier alpha value is -2.51. The molecule has 0 radical (unpaired) electrons. The molecule has 1 aliphatic rings. The van der Waals surface area contributed by atoms with Crippen molar-refractivity contribution in [3.8, 4) is 5.88 Å². The van der Waals surface area contributed by atoms with Gasteiger partial charge in [0.25, 0.3) is 0 Å². The van der Waals surface area contributed by atoms with Crippen molar-refractivity contribution in [2.45, 2.75) is 42.7 Å². The van der Waals surface area contributed by atoms with Crippen LogP contribution in [-0.4, -0.2) is 30.5 Å². The predicted molar refractivity (Wildman–Crippen MR) is 103 cm³/mol. The zero-order chi connectivity index (χ0) is 18.7. The summed E-state index contributed by atoms with van der Waals surface area (Å²) in [5.41, 5.74) is 0.500. The van der Waals surface area contributed by atoms with Crippen molar-refractivity contribution in [2.24, 2.45) is 0 Å². The van der Waals surface area contributed by atoms with Gasteiger partial charge in [-0.1, -0.05) is 24.3 Å². The van der Waals surface area contributed by atoms with Crippen LogP contribution in [0.5, 0.6) is 5.88 Å². The van der Waals surface area contributed by atoms with Gasteiger partial charge >= 0.3 is 0 Å². The molecule has 1 N–H and O–H groups in total. The number of pyridine rings is 2. The van der Waals surface area contributed by atoms with Crippen molar-refractivity contribution in [3.63, 3.8) is 0 Å². The third-order valence-corrected chi connectivity index (χ3v) is 6.36. The molecule has 140 valence electrons. The SMILES string of the molecule is O=S(=O)(NC1CCC(Oc2ccccn2)CC1)c1cccc2cccnc12. The Morgan fingerprint density at radius 2 is 1.67 bits per heavy atom. The van der Waals surface area contributed by atoms with Crippen molar-refractivity contribution < 1.29 is 13.2 Å². The van der Waals surface area contributed by atoms with E-state index in [-0.39, 0.29) is 17.0 Å². The molecule has 2 aromatic heterocycles. The molecule has 1 aliphatic carbocycles. The number of fused-ring (bicyclic) bond motifs is 1. The Morgan fingerprint density at radius 1 is 0.889 bits per heavy atom. The highest BCUT2D eigenvalue weighted by molar-refractivity contribution is 7.89. The molecule has 0 amide bonds. The van der Waals surface area contributed by atoms with Crippen molar-refractivity contribution in [2.75, 3.05) is 0 Å². The molecule has 6 nitrogen and oxygen atoms in total. The van der Waals surface area contributed by atoms with Gasteiger partial charge in [0.05, 0.1) is 5.52 Å². The van der Waals surface area contributed by atoms with E-state index in [1.54, 1.807) is 30.6 Å². The van der Waals surface area contributed by atoms with Gasteiger partial charge in [-0.2, -0.15) is 0 Å². The summed E-state index contributed by atoms with van der Waals surface area (Å²) in [4.78, 5) is 8.66. The van der Waals surface area contributed by atoms with E-state index in [0.717, 1.165) is 31.1 Å². The molecule has 27 heavy (non-hydrogen) atoms. The van der Waals surface area contributed by atoms with Crippen LogP contribution in [0.1, 0.15) is 25.7 Å². The van der Waals surface area contributed by atoms with Gasteiger partial charge in [-0.15, -0.1) is 0 Å². The maximum atomic E-state index is 12.9. The Kier molecular flexibility index (Phi) is 5.05. The topological polar surface area (TPSA) is 81.2 Å². The normalized spacial score (nSPS) is 20.4. The quantitative estimate of drug-likeness (QED) is 0.731. The third-order valence-electron chi connectivity index (χ3n) is 4.81. The number of aromatic nitrogens is 2. The highest BCUT2D eigenvalue weighted by Crippen LogP contribution is 2.26. The van der Waals surface area contributed by atoms with Gasteiger partial charge in [-0.3, -0.25) is 4.98 Å². The zero-order valence-corrected chi connectivity index (χ0v) is 15.6. The number of para-hydroxylation sites is 1. The molecule has 3 aromatic rings. The summed E-state index contributed by atoms with van der Waals surface area (Å²) in [6, 6.07) is 14.3. The molecule has 0 atom stereocenters. The summed E-state index contributed by atoms with van der Waals surface area (Å²) in [6.07, 6.45) is 6.42. The monoisotopic (exact) mass is 383 g/mol. The largest absolute Gasteiger partial charge is 0.474 e. The van der Waals surface area contributed by atoms with Crippen LogP contribution in [0.3, 0.4) is 0 Å². The number of sulfonamides is 1. The van der Waals surface area contributed by atoms with Crippen molar-refractivity contribution in [1.29, 1.82) is 0 Å². The molecule has 1 fully saturated rings. The van der Waals surface area contributed by atoms with E-state index in [1.165, 1.54) is 0 Å². The van der Waals surface area contributed by atoms with Gasteiger partial charge in [-0.05, 0) is 43.9 Å². The minimum absolute atomic E-state index is 0.0693. The summed E-state index contributed by atoms with van der Waals surface area (Å²) >= 11 is 0. The van der Waals surface area contributed by atoms with Crippen LogP contribution >= 0.6 is 0 Å². The second-order valence-corrected chi connectivity index (χ2v) is 8.39. The fraction of sp³-hybridized carbons (Fsp3) is 0.300. The fourth-order valence-corrected chi connectivity index (χ4v) is 4.95. The number of nitrogens with one attached hydrogen (secondary N) is 1. The van der Waals surface area contributed by atoms with Crippen molar-refractivity contribution in [3.05, 3.63) is 60.9 Å². The first-order chi connectivity index (χ1) is 13.1. The molecule has 7 heteroatoms. The Labute approximate surface area is 158 Å². The van der Waals surface area contributed by atoms with Crippen LogP contribution in [0.4, 0.5) is 0 Å². The van der Waals surface area contributed by atoms with Crippen LogP contribution < -0.4 is 9.46 Å². The second kappa shape index (κ2) is 7.62. The van der Waals surface area contributed by atoms with E-state index in [1.807, 2.05) is 30.3 Å². The molecule has 0 unspecified atom stereocenters. The first-order valence-corrected chi connectivity index (χ1v) is 10.5. The number of ether oxygens (including phenoxy) is 1. The van der Waals surface area contributed by atoms with E-state index in [9.17, 15) is 8.42 Å². The van der Waals surface area contributed by atoms with E-state index >= 15 is 0 Å². The van der Waals surface area contributed by atoms with Crippen LogP contribution in [0.15, 0.2) is 65.8 Å². The Balaban J connectivity index is 1.42. The fourth-order valence-electron chi connectivity index (χ4n) is 3.46. The minimum Gasteiger partial charge on any atom is -0.474 e. The van der Waals surface area contributed by atoms with Crippen LogP contribution in [0, 0.1) is 0 Å². The van der Waals surface area contributed by atoms with Gasteiger partial charge in [0.2, 0.25) is 15.9 Å². The summed E-state index contributed by atoms with van der Waals surface area (Å²) in [7, 11) is -3.63. The van der Waals surface area contributed by atoms with E-state index in [0.29, 0.717) is 11.4 Å². The molecule has 0 aliphatic heterocycles. The van der Waals surface area contributed by atoms with E-state index < -0.39 is 10.0 Å². The maximum absolute atomic E-state index is 12.9. The maximum Gasteiger partial charge on any atom is 0.242 e. The molecule has 1 saturated carbocycles. The lowest BCUT2D eigenvalue weighted by Gasteiger charge is -2.29. The van der Waals surface area contributed by atoms with Crippen molar-refractivity contribution in [1.82, 2.24) is 14.7 Å². The first kappa shape index (κ1) is 17.9. The molecule has 2 heterocycles. The van der Waals surface area contributed by atoms with Gasteiger partial charge < -0.3 is 4.74 Å². The van der Waals surface area contributed by atoms with Gasteiger partial charge in [-0.25, -0.2) is 18.1 Å². The van der Waals surface area contributed by atoms with Crippen LogP contribution in [-0.2, 0) is 10.0 Å². The summed E-state index contributed by atoms with van der Waals surface area (Å²) in [5.74, 6) is 0.614. The van der Waals surface area contributed by atoms with E-state index in [4.69, 9.17) is 4.74 Å². The third kappa shape index (κ3) is 4.09. The summed E-state index contributed by atoms with van der Waals surface area (Å²) < 4.78 is 34.5. The average molecular weight is 383 g/mol. The zero-order valence-electron chi connectivity index (χ0n) is 14.8. The number of nitrogens with zero attached hydrogens (tertiary/aromatic N) is 2. The average Bonchev–Trinajstić information content (AvgIpc) is 2.70. The summed E-state index contributed by atoms with van der Waals surface area (Å²) in [6.45, 7) is 0. The molecular weight excluding hydrogens is 362 g/mol. The summed E-state index contributed by atoms with van der Waals surface area (Å²) in [5, 5.41) is 0.813. The molecular formula is C20H21N3O3S. The number of rotatable bonds is 5. The van der Waals surface area contributed by atoms with Crippen LogP contribution in [0.2, 0.25) is 0 Å². The van der Waals surface area contributed by atoms with Crippen LogP contribution in [0.25, 0.3) is 10.9 Å². The van der Waals surface area contributed by atoms with Gasteiger partial charge in [0, 0.05) is 29.9 Å². The lowest BCUT2D eigenvalue weighted by Crippen LogP contribution is -2.39. The smallest absolute Gasteiger partial charge is 0.242 e. The van der Waals surface area contributed by atoms with E-state index in [2.05, 4.69) is 14.7 Å². The second-order valence-electron chi connectivity index (χ2n) is 6.71. The first-order valence-electron chi connectivity index (χ1n) is 9.05. The molecule has 0 spiro atoms. The lowest BCUT2D eigenvalue weighted by molar-refractivity contribution is 0.138. The van der Waals surface area contributed by atoms with Gasteiger partial charge in [0.15, 0.2) is 0 Å². The highest BCUT2D eigenvalue weighted by atomic mass is 32.2. The number of hydrogen-bond donors (Lipinski definition) is 1. The molecule has 4 rings (SSSR count). The molecule has 1 aromatic carbocycles. The van der Waals surface area contributed by atoms with Gasteiger partial charge in [0.1, 0.15) is 11.0 Å². The van der Waals surface area contributed by atoms with Crippen molar-refractivity contribution >= 4 is 20.9 Å². The number of hydrogen-bond acceptors (Lipinski definition) is 5. The Morgan fingerprint density at radius 3 is 2.44 bits per heavy atom. The Bertz CT molecular complexity index is 1010. The highest BCUT2D eigenvalue weighted by Gasteiger charge is 2.27. The predicted octanol–water partition coefficient (Wildman–Crippen LogP) is 3.30. The lowest BCUT2D eigenvalue weighted by atomic mass is 9.94. The number of benzene rings is 1. The molecule has 0 saturated heterocycles.